The second-order valence-electron chi connectivity index (χ2n) is 5.87. The van der Waals surface area contributed by atoms with Gasteiger partial charge in [0.15, 0.2) is 0 Å². The third-order valence-electron chi connectivity index (χ3n) is 3.61. The number of nitrogens with one attached hydrogen (secondary N) is 2. The zero-order chi connectivity index (χ0) is 19.9. The third-order valence-corrected chi connectivity index (χ3v) is 5.58. The lowest BCUT2D eigenvalue weighted by Gasteiger charge is -2.12. The molecule has 0 aliphatic rings. The third kappa shape index (κ3) is 6.05. The molecule has 8 heteroatoms. The van der Waals surface area contributed by atoms with Crippen LogP contribution in [0, 0.1) is 0 Å². The van der Waals surface area contributed by atoms with Crippen molar-refractivity contribution in [3.8, 4) is 5.75 Å². The van der Waals surface area contributed by atoms with Gasteiger partial charge in [-0.25, -0.2) is 13.1 Å². The molecule has 0 saturated heterocycles. The average molecular weight is 455 g/mol. The van der Waals surface area contributed by atoms with Crippen molar-refractivity contribution in [1.82, 2.24) is 4.72 Å². The maximum atomic E-state index is 12.6. The summed E-state index contributed by atoms with van der Waals surface area (Å²) in [6, 6.07) is 11.3. The van der Waals surface area contributed by atoms with Gasteiger partial charge in [-0.3, -0.25) is 4.79 Å². The topological polar surface area (TPSA) is 84.5 Å². The monoisotopic (exact) mass is 454 g/mol. The predicted octanol–water partition coefficient (Wildman–Crippen LogP) is 4.18. The first kappa shape index (κ1) is 21.4. The van der Waals surface area contributed by atoms with Gasteiger partial charge in [-0.15, -0.1) is 0 Å². The number of amides is 1. The van der Waals surface area contributed by atoms with Crippen molar-refractivity contribution in [1.29, 1.82) is 0 Å². The highest BCUT2D eigenvalue weighted by atomic mass is 79.9. The minimum Gasteiger partial charge on any atom is -0.493 e. The summed E-state index contributed by atoms with van der Waals surface area (Å²) < 4.78 is 33.1. The molecule has 2 N–H and O–H groups in total. The molecule has 0 aliphatic heterocycles. The number of carbonyl (C=O) groups is 1. The van der Waals surface area contributed by atoms with Crippen molar-refractivity contribution in [2.45, 2.75) is 31.6 Å². The van der Waals surface area contributed by atoms with Crippen LogP contribution in [0.5, 0.6) is 5.75 Å². The Morgan fingerprint density at radius 1 is 1.07 bits per heavy atom. The van der Waals surface area contributed by atoms with E-state index < -0.39 is 10.0 Å². The number of carbonyl (C=O) groups excluding carboxylic acids is 1. The van der Waals surface area contributed by atoms with Crippen molar-refractivity contribution in [3.05, 3.63) is 52.5 Å². The van der Waals surface area contributed by atoms with Gasteiger partial charge in [0.1, 0.15) is 5.75 Å². The molecule has 0 fully saturated rings. The van der Waals surface area contributed by atoms with E-state index in [0.717, 1.165) is 10.9 Å². The summed E-state index contributed by atoms with van der Waals surface area (Å²) in [6.07, 6.45) is 1.54. The summed E-state index contributed by atoms with van der Waals surface area (Å²) in [5.41, 5.74) is 0.898. The molecule has 0 radical (unpaired) electrons. The molecule has 2 rings (SSSR count). The molecule has 2 aromatic rings. The fraction of sp³-hybridized carbons (Fsp3) is 0.316. The maximum Gasteiger partial charge on any atom is 0.259 e. The first-order chi connectivity index (χ1) is 12.9. The van der Waals surface area contributed by atoms with E-state index >= 15 is 0 Å². The van der Waals surface area contributed by atoms with Crippen LogP contribution in [0.4, 0.5) is 5.69 Å². The van der Waals surface area contributed by atoms with Crippen molar-refractivity contribution in [3.63, 3.8) is 0 Å². The van der Waals surface area contributed by atoms with Gasteiger partial charge in [0.25, 0.3) is 5.91 Å². The number of halogens is 1. The van der Waals surface area contributed by atoms with Gasteiger partial charge in [0.2, 0.25) is 10.0 Å². The summed E-state index contributed by atoms with van der Waals surface area (Å²) in [5, 5.41) is 2.77. The van der Waals surface area contributed by atoms with E-state index in [1.165, 1.54) is 12.1 Å². The molecule has 146 valence electrons. The molecule has 27 heavy (non-hydrogen) atoms. The van der Waals surface area contributed by atoms with Crippen molar-refractivity contribution >= 4 is 37.5 Å². The molecule has 2 aromatic carbocycles. The van der Waals surface area contributed by atoms with E-state index in [4.69, 9.17) is 4.74 Å². The molecule has 0 bridgehead atoms. The van der Waals surface area contributed by atoms with Crippen LogP contribution >= 0.6 is 15.9 Å². The first-order valence-electron chi connectivity index (χ1n) is 8.70. The van der Waals surface area contributed by atoms with Crippen LogP contribution < -0.4 is 14.8 Å². The standard InChI is InChI=1S/C19H23BrN2O4S/c1-3-11-21-27(24,25)16-8-6-15(7-9-16)22-19(23)17-13-14(20)5-10-18(17)26-12-4-2/h5-10,13,21H,3-4,11-12H2,1-2H3,(H,22,23). The van der Waals surface area contributed by atoms with Gasteiger partial charge >= 0.3 is 0 Å². The molecule has 0 aliphatic carbocycles. The van der Waals surface area contributed by atoms with E-state index in [2.05, 4.69) is 26.0 Å². The van der Waals surface area contributed by atoms with Crippen LogP contribution in [-0.4, -0.2) is 27.5 Å². The van der Waals surface area contributed by atoms with E-state index in [1.807, 2.05) is 19.9 Å². The molecule has 0 unspecified atom stereocenters. The predicted molar refractivity (Wildman–Crippen MR) is 110 cm³/mol. The second-order valence-corrected chi connectivity index (χ2v) is 8.55. The Balaban J connectivity index is 2.16. The van der Waals surface area contributed by atoms with Crippen LogP contribution in [0.3, 0.4) is 0 Å². The number of sulfonamides is 1. The average Bonchev–Trinajstić information content (AvgIpc) is 2.65. The summed E-state index contributed by atoms with van der Waals surface area (Å²) in [6.45, 7) is 4.77. The molecule has 0 aromatic heterocycles. The Bertz CT molecular complexity index is 883. The summed E-state index contributed by atoms with van der Waals surface area (Å²) in [5.74, 6) is 0.169. The summed E-state index contributed by atoms with van der Waals surface area (Å²) >= 11 is 3.36. The highest BCUT2D eigenvalue weighted by Crippen LogP contribution is 2.25. The first-order valence-corrected chi connectivity index (χ1v) is 11.0. The molecule has 0 saturated carbocycles. The Hall–Kier alpha value is -1.90. The number of rotatable bonds is 9. The molecule has 1 amide bonds. The van der Waals surface area contributed by atoms with Crippen LogP contribution in [0.2, 0.25) is 0 Å². The molecule has 0 spiro atoms. The zero-order valence-corrected chi connectivity index (χ0v) is 17.7. The lowest BCUT2D eigenvalue weighted by atomic mass is 10.2. The molecule has 6 nitrogen and oxygen atoms in total. The Labute approximate surface area is 168 Å². The minimum absolute atomic E-state index is 0.156. The highest BCUT2D eigenvalue weighted by molar-refractivity contribution is 9.10. The van der Waals surface area contributed by atoms with E-state index in [0.29, 0.717) is 36.6 Å². The van der Waals surface area contributed by atoms with Gasteiger partial charge in [-0.1, -0.05) is 29.8 Å². The van der Waals surface area contributed by atoms with Crippen LogP contribution in [0.25, 0.3) is 0 Å². The Morgan fingerprint density at radius 3 is 2.41 bits per heavy atom. The van der Waals surface area contributed by atoms with Crippen LogP contribution in [0.15, 0.2) is 51.8 Å². The largest absolute Gasteiger partial charge is 0.493 e. The van der Waals surface area contributed by atoms with Crippen LogP contribution in [0.1, 0.15) is 37.0 Å². The van der Waals surface area contributed by atoms with Gasteiger partial charge < -0.3 is 10.1 Å². The summed E-state index contributed by atoms with van der Waals surface area (Å²) in [4.78, 5) is 12.8. The van der Waals surface area contributed by atoms with Gasteiger partial charge in [-0.05, 0) is 55.3 Å². The second kappa shape index (κ2) is 9.87. The molecular formula is C19H23BrN2O4S. The smallest absolute Gasteiger partial charge is 0.259 e. The number of benzene rings is 2. The van der Waals surface area contributed by atoms with E-state index in [-0.39, 0.29) is 10.8 Å². The van der Waals surface area contributed by atoms with Crippen molar-refractivity contribution < 1.29 is 17.9 Å². The highest BCUT2D eigenvalue weighted by Gasteiger charge is 2.16. The zero-order valence-electron chi connectivity index (χ0n) is 15.3. The van der Waals surface area contributed by atoms with Crippen molar-refractivity contribution in [2.75, 3.05) is 18.5 Å². The lowest BCUT2D eigenvalue weighted by molar-refractivity contribution is 0.102. The molecular weight excluding hydrogens is 432 g/mol. The number of hydrogen-bond donors (Lipinski definition) is 2. The van der Waals surface area contributed by atoms with Crippen LogP contribution in [-0.2, 0) is 10.0 Å². The fourth-order valence-electron chi connectivity index (χ4n) is 2.25. The molecule has 0 heterocycles. The lowest BCUT2D eigenvalue weighted by Crippen LogP contribution is -2.24. The number of anilines is 1. The SMILES string of the molecule is CCCNS(=O)(=O)c1ccc(NC(=O)c2cc(Br)ccc2OCCC)cc1. The fourth-order valence-corrected chi connectivity index (χ4v) is 3.75. The van der Waals surface area contributed by atoms with Crippen molar-refractivity contribution in [2.24, 2.45) is 0 Å². The maximum absolute atomic E-state index is 12.6. The van der Waals surface area contributed by atoms with E-state index in [9.17, 15) is 13.2 Å². The van der Waals surface area contributed by atoms with Gasteiger partial charge in [0, 0.05) is 16.7 Å². The Morgan fingerprint density at radius 2 is 1.78 bits per heavy atom. The summed E-state index contributed by atoms with van der Waals surface area (Å²) in [7, 11) is -3.53. The number of hydrogen-bond acceptors (Lipinski definition) is 4. The van der Waals surface area contributed by atoms with E-state index in [1.54, 1.807) is 24.3 Å². The number of ether oxygens (including phenoxy) is 1. The molecule has 0 atom stereocenters. The normalized spacial score (nSPS) is 11.2. The minimum atomic E-state index is -3.53. The quantitative estimate of drug-likeness (QED) is 0.594. The Kier molecular flexibility index (Phi) is 7.82. The van der Waals surface area contributed by atoms with Gasteiger partial charge in [0.05, 0.1) is 17.1 Å². The van der Waals surface area contributed by atoms with Gasteiger partial charge in [-0.2, -0.15) is 0 Å².